The molecular weight excluding hydrogens is 314 g/mol. The smallest absolute Gasteiger partial charge is 0.224 e. The number of nitrogens with zero attached hydrogens (tertiary/aromatic N) is 4. The summed E-state index contributed by atoms with van der Waals surface area (Å²) < 4.78 is 3.47. The van der Waals surface area contributed by atoms with Crippen molar-refractivity contribution in [1.82, 2.24) is 24.9 Å². The van der Waals surface area contributed by atoms with Crippen molar-refractivity contribution in [3.63, 3.8) is 0 Å². The van der Waals surface area contributed by atoms with E-state index in [9.17, 15) is 4.79 Å². The van der Waals surface area contributed by atoms with Gasteiger partial charge in [-0.05, 0) is 6.07 Å². The van der Waals surface area contributed by atoms with Crippen molar-refractivity contribution in [2.45, 2.75) is 12.8 Å². The summed E-state index contributed by atoms with van der Waals surface area (Å²) >= 11 is 5.96. The lowest BCUT2D eigenvalue weighted by atomic mass is 10.1. The molecule has 0 spiro atoms. The number of carbonyl (C=O) groups excluding carboxylic acids is 1. The van der Waals surface area contributed by atoms with Crippen LogP contribution in [0.1, 0.15) is 11.3 Å². The van der Waals surface area contributed by atoms with Crippen molar-refractivity contribution in [1.29, 1.82) is 0 Å². The van der Waals surface area contributed by atoms with Gasteiger partial charge in [-0.25, -0.2) is 0 Å². The minimum atomic E-state index is -0.0693. The highest BCUT2D eigenvalue weighted by atomic mass is 35.5. The monoisotopic (exact) mass is 331 g/mol. The molecule has 120 valence electrons. The molecule has 0 unspecified atom stereocenters. The second-order valence-corrected chi connectivity index (χ2v) is 5.84. The van der Waals surface area contributed by atoms with Crippen LogP contribution in [0.3, 0.4) is 0 Å². The molecule has 0 saturated heterocycles. The highest BCUT2D eigenvalue weighted by molar-refractivity contribution is 6.30. The molecule has 0 aliphatic rings. The largest absolute Gasteiger partial charge is 0.355 e. The van der Waals surface area contributed by atoms with Gasteiger partial charge >= 0.3 is 0 Å². The third-order valence-electron chi connectivity index (χ3n) is 3.72. The minimum Gasteiger partial charge on any atom is -0.355 e. The summed E-state index contributed by atoms with van der Waals surface area (Å²) in [6.07, 6.45) is 2.68. The van der Waals surface area contributed by atoms with Crippen molar-refractivity contribution >= 4 is 28.4 Å². The first-order valence-corrected chi connectivity index (χ1v) is 7.77. The van der Waals surface area contributed by atoms with E-state index in [1.165, 1.54) is 0 Å². The van der Waals surface area contributed by atoms with E-state index in [1.54, 1.807) is 17.9 Å². The molecule has 0 aliphatic carbocycles. The summed E-state index contributed by atoms with van der Waals surface area (Å²) in [6.45, 7) is 0.539. The Labute approximate surface area is 139 Å². The molecule has 2 heterocycles. The van der Waals surface area contributed by atoms with Gasteiger partial charge in [-0.15, -0.1) is 0 Å². The van der Waals surface area contributed by atoms with E-state index in [0.717, 1.165) is 22.2 Å². The summed E-state index contributed by atoms with van der Waals surface area (Å²) in [5.74, 6) is -0.0693. The molecule has 1 aromatic carbocycles. The van der Waals surface area contributed by atoms with Gasteiger partial charge in [0.25, 0.3) is 0 Å². The molecule has 0 atom stereocenters. The highest BCUT2D eigenvalue weighted by Gasteiger charge is 2.11. The molecule has 7 heteroatoms. The number of benzene rings is 1. The predicted octanol–water partition coefficient (Wildman–Crippen LogP) is 1.86. The predicted molar refractivity (Wildman–Crippen MR) is 89.3 cm³/mol. The normalized spacial score (nSPS) is 11.1. The van der Waals surface area contributed by atoms with Crippen LogP contribution in [-0.2, 0) is 31.7 Å². The average Bonchev–Trinajstić information content (AvgIpc) is 3.00. The Kier molecular flexibility index (Phi) is 4.34. The van der Waals surface area contributed by atoms with E-state index in [2.05, 4.69) is 21.6 Å². The van der Waals surface area contributed by atoms with Crippen molar-refractivity contribution in [2.75, 3.05) is 6.54 Å². The number of amides is 1. The Morgan fingerprint density at radius 2 is 2.04 bits per heavy atom. The quantitative estimate of drug-likeness (QED) is 0.776. The molecule has 0 fully saturated rings. The fourth-order valence-electron chi connectivity index (χ4n) is 2.66. The number of hydrogen-bond acceptors (Lipinski definition) is 3. The van der Waals surface area contributed by atoms with Crippen molar-refractivity contribution < 1.29 is 4.79 Å². The number of aromatic nitrogens is 4. The lowest BCUT2D eigenvalue weighted by molar-refractivity contribution is -0.120. The van der Waals surface area contributed by atoms with E-state index < -0.39 is 0 Å². The molecule has 6 nitrogen and oxygen atoms in total. The zero-order valence-electron chi connectivity index (χ0n) is 13.1. The number of aryl methyl sites for hydroxylation is 2. The van der Waals surface area contributed by atoms with Crippen LogP contribution in [0.25, 0.3) is 10.9 Å². The number of rotatable bonds is 5. The minimum absolute atomic E-state index is 0.0693. The Hall–Kier alpha value is -2.34. The van der Waals surface area contributed by atoms with Gasteiger partial charge in [0.15, 0.2) is 5.15 Å². The van der Waals surface area contributed by atoms with Gasteiger partial charge in [0.2, 0.25) is 5.91 Å². The van der Waals surface area contributed by atoms with Gasteiger partial charge in [0, 0.05) is 44.2 Å². The maximum atomic E-state index is 12.0. The molecule has 0 aliphatic heterocycles. The van der Waals surface area contributed by atoms with Crippen LogP contribution in [0.4, 0.5) is 0 Å². The molecule has 1 amide bonds. The second-order valence-electron chi connectivity index (χ2n) is 5.48. The molecule has 0 bridgehead atoms. The number of para-hydroxylation sites is 1. The fourth-order valence-corrected chi connectivity index (χ4v) is 2.89. The van der Waals surface area contributed by atoms with Crippen LogP contribution >= 0.6 is 11.6 Å². The first kappa shape index (κ1) is 15.6. The molecule has 1 N–H and O–H groups in total. The standard InChI is InChI=1S/C16H18ClN5O/c1-21-10-11(16(17)20-21)9-15(23)18-8-7-13-12-5-3-4-6-14(12)22(2)19-13/h3-6,10H,7-9H2,1-2H3,(H,18,23). The molecule has 0 radical (unpaired) electrons. The van der Waals surface area contributed by atoms with Gasteiger partial charge < -0.3 is 5.32 Å². The summed E-state index contributed by atoms with van der Waals surface area (Å²) in [5, 5.41) is 12.9. The first-order chi connectivity index (χ1) is 11.0. The summed E-state index contributed by atoms with van der Waals surface area (Å²) in [5.41, 5.74) is 2.81. The highest BCUT2D eigenvalue weighted by Crippen LogP contribution is 2.17. The van der Waals surface area contributed by atoms with Crippen molar-refractivity contribution in [2.24, 2.45) is 14.1 Å². The van der Waals surface area contributed by atoms with Gasteiger partial charge in [0.1, 0.15) is 0 Å². The van der Waals surface area contributed by atoms with Crippen molar-refractivity contribution in [3.8, 4) is 0 Å². The summed E-state index contributed by atoms with van der Waals surface area (Å²) in [6, 6.07) is 8.08. The average molecular weight is 332 g/mol. The van der Waals surface area contributed by atoms with Crippen molar-refractivity contribution in [3.05, 3.63) is 46.9 Å². The lowest BCUT2D eigenvalue weighted by Gasteiger charge is -2.03. The molecule has 0 saturated carbocycles. The Morgan fingerprint density at radius 1 is 1.26 bits per heavy atom. The maximum Gasteiger partial charge on any atom is 0.224 e. The fraction of sp³-hybridized carbons (Fsp3) is 0.312. The van der Waals surface area contributed by atoms with Gasteiger partial charge in [-0.2, -0.15) is 10.2 Å². The Morgan fingerprint density at radius 3 is 2.78 bits per heavy atom. The van der Waals surface area contributed by atoms with E-state index >= 15 is 0 Å². The van der Waals surface area contributed by atoms with Crippen LogP contribution in [0.5, 0.6) is 0 Å². The number of nitrogens with one attached hydrogen (secondary N) is 1. The van der Waals surface area contributed by atoms with E-state index in [1.807, 2.05) is 29.9 Å². The Bertz CT molecular complexity index is 851. The summed E-state index contributed by atoms with van der Waals surface area (Å²) in [7, 11) is 3.70. The van der Waals surface area contributed by atoms with Crippen LogP contribution in [0.2, 0.25) is 5.15 Å². The third kappa shape index (κ3) is 3.37. The molecule has 2 aromatic heterocycles. The zero-order chi connectivity index (χ0) is 16.4. The van der Waals surface area contributed by atoms with Gasteiger partial charge in [-0.3, -0.25) is 14.2 Å². The summed E-state index contributed by atoms with van der Waals surface area (Å²) in [4.78, 5) is 12.0. The second kappa shape index (κ2) is 6.42. The maximum absolute atomic E-state index is 12.0. The molecule has 23 heavy (non-hydrogen) atoms. The molecule has 3 aromatic rings. The SMILES string of the molecule is Cn1cc(CC(=O)NCCc2nn(C)c3ccccc23)c(Cl)n1. The van der Waals surface area contributed by atoms with Gasteiger partial charge in [0.05, 0.1) is 17.6 Å². The van der Waals surface area contributed by atoms with Gasteiger partial charge in [-0.1, -0.05) is 29.8 Å². The third-order valence-corrected chi connectivity index (χ3v) is 4.04. The number of halogens is 1. The van der Waals surface area contributed by atoms with E-state index in [-0.39, 0.29) is 12.3 Å². The lowest BCUT2D eigenvalue weighted by Crippen LogP contribution is -2.27. The first-order valence-electron chi connectivity index (χ1n) is 7.40. The van der Waals surface area contributed by atoms with Crippen LogP contribution in [0, 0.1) is 0 Å². The molecular formula is C16H18ClN5O. The van der Waals surface area contributed by atoms with Crippen LogP contribution in [0.15, 0.2) is 30.5 Å². The number of fused-ring (bicyclic) bond motifs is 1. The number of hydrogen-bond donors (Lipinski definition) is 1. The van der Waals surface area contributed by atoms with Crippen LogP contribution in [-0.4, -0.2) is 32.0 Å². The van der Waals surface area contributed by atoms with Crippen LogP contribution < -0.4 is 5.32 Å². The van der Waals surface area contributed by atoms with E-state index in [0.29, 0.717) is 18.1 Å². The topological polar surface area (TPSA) is 64.7 Å². The number of carbonyl (C=O) groups is 1. The Balaban J connectivity index is 1.58. The molecule has 3 rings (SSSR count). The zero-order valence-corrected chi connectivity index (χ0v) is 13.8. The van der Waals surface area contributed by atoms with E-state index in [4.69, 9.17) is 11.6 Å².